The maximum Gasteiger partial charge on any atom is 0.317 e. The number of H-pyrrole nitrogens is 1. The Bertz CT molecular complexity index is 1150. The second kappa shape index (κ2) is 8.22. The minimum Gasteiger partial charge on any atom is -0.345 e. The molecule has 1 spiro atoms. The fourth-order valence-corrected chi connectivity index (χ4v) is 4.94. The first-order chi connectivity index (χ1) is 15.5. The molecule has 0 unspecified atom stereocenters. The van der Waals surface area contributed by atoms with Crippen molar-refractivity contribution in [3.05, 3.63) is 77.4 Å². The highest BCUT2D eigenvalue weighted by Gasteiger charge is 2.41. The van der Waals surface area contributed by atoms with Crippen LogP contribution in [0, 0.1) is 11.2 Å². The van der Waals surface area contributed by atoms with Crippen LogP contribution >= 0.6 is 0 Å². The number of nitrogens with zero attached hydrogens (tertiary/aromatic N) is 2. The maximum atomic E-state index is 13.5. The van der Waals surface area contributed by atoms with Crippen LogP contribution in [-0.2, 0) is 13.0 Å². The number of hydrogen-bond acceptors (Lipinski definition) is 3. The summed E-state index contributed by atoms with van der Waals surface area (Å²) in [7, 11) is 0. The van der Waals surface area contributed by atoms with Gasteiger partial charge in [0.15, 0.2) is 5.78 Å². The fraction of sp³-hybridized carbons (Fsp3) is 0.320. The molecule has 164 valence electrons. The number of rotatable bonds is 3. The highest BCUT2D eigenvalue weighted by atomic mass is 19.1. The van der Waals surface area contributed by atoms with Gasteiger partial charge in [0.1, 0.15) is 11.6 Å². The Labute approximate surface area is 185 Å². The lowest BCUT2D eigenvalue weighted by molar-refractivity contribution is 0.0735. The van der Waals surface area contributed by atoms with Gasteiger partial charge in [0.25, 0.3) is 0 Å². The molecule has 2 N–H and O–H groups in total. The Kier molecular flexibility index (Phi) is 5.25. The number of nitrogens with one attached hydrogen (secondary N) is 2. The summed E-state index contributed by atoms with van der Waals surface area (Å²) in [6, 6.07) is 12.3. The van der Waals surface area contributed by atoms with Crippen molar-refractivity contribution in [2.24, 2.45) is 5.41 Å². The van der Waals surface area contributed by atoms with E-state index in [4.69, 9.17) is 0 Å². The number of aromatic nitrogens is 2. The van der Waals surface area contributed by atoms with E-state index >= 15 is 0 Å². The van der Waals surface area contributed by atoms with Gasteiger partial charge in [-0.15, -0.1) is 0 Å². The van der Waals surface area contributed by atoms with Crippen molar-refractivity contribution in [2.75, 3.05) is 13.1 Å². The predicted octanol–water partition coefficient (Wildman–Crippen LogP) is 4.34. The summed E-state index contributed by atoms with van der Waals surface area (Å²) in [5, 5.41) is 3.01. The third kappa shape index (κ3) is 4.02. The van der Waals surface area contributed by atoms with Crippen LogP contribution in [-0.4, -0.2) is 39.8 Å². The van der Waals surface area contributed by atoms with E-state index in [1.165, 1.54) is 12.1 Å². The normalized spacial score (nSPS) is 17.3. The number of halogens is 1. The molecule has 1 aliphatic heterocycles. The third-order valence-electron chi connectivity index (χ3n) is 6.73. The smallest absolute Gasteiger partial charge is 0.317 e. The van der Waals surface area contributed by atoms with Crippen LogP contribution in [0.2, 0.25) is 0 Å². The highest BCUT2D eigenvalue weighted by molar-refractivity contribution is 5.99. The number of ketones is 1. The van der Waals surface area contributed by atoms with E-state index in [0.29, 0.717) is 31.6 Å². The quantitative estimate of drug-likeness (QED) is 0.646. The second-order valence-electron chi connectivity index (χ2n) is 8.86. The Morgan fingerprint density at radius 1 is 1.16 bits per heavy atom. The summed E-state index contributed by atoms with van der Waals surface area (Å²) in [4.78, 5) is 34.6. The van der Waals surface area contributed by atoms with Gasteiger partial charge in [0.05, 0.1) is 0 Å². The minimum atomic E-state index is -0.366. The number of fused-ring (bicyclic) bond motifs is 1. The predicted molar refractivity (Wildman–Crippen MR) is 119 cm³/mol. The Morgan fingerprint density at radius 3 is 2.78 bits per heavy atom. The van der Waals surface area contributed by atoms with Gasteiger partial charge in [0.2, 0.25) is 0 Å². The van der Waals surface area contributed by atoms with Gasteiger partial charge in [-0.3, -0.25) is 4.79 Å². The molecule has 2 aromatic carbocycles. The summed E-state index contributed by atoms with van der Waals surface area (Å²) >= 11 is 0. The average molecular weight is 432 g/mol. The number of amides is 2. The van der Waals surface area contributed by atoms with Crippen molar-refractivity contribution in [1.29, 1.82) is 0 Å². The average Bonchev–Trinajstić information content (AvgIpc) is 3.34. The summed E-state index contributed by atoms with van der Waals surface area (Å²) < 4.78 is 13.5. The summed E-state index contributed by atoms with van der Waals surface area (Å²) in [5.41, 5.74) is 3.30. The number of urea groups is 1. The van der Waals surface area contributed by atoms with Crippen LogP contribution in [0.3, 0.4) is 0 Å². The first-order valence-electron chi connectivity index (χ1n) is 10.9. The molecule has 1 fully saturated rings. The van der Waals surface area contributed by atoms with Gasteiger partial charge in [0, 0.05) is 49.6 Å². The standard InChI is InChI=1S/C25H25FN4O2/c26-20-5-4-19-14-25(15-22(31)21(19)13-20)6-10-30(11-7-25)24(32)29-16-17-2-1-3-18(12-17)23-27-8-9-28-23/h1-5,8-9,12-13H,6-7,10-11,14-16H2,(H,27,28)(H,29,32). The maximum absolute atomic E-state index is 13.5. The number of Topliss-reactive ketones (excluding diaryl/α,β-unsaturated/α-hetero) is 1. The number of benzene rings is 2. The molecule has 7 heteroatoms. The zero-order chi connectivity index (χ0) is 22.1. The van der Waals surface area contributed by atoms with Crippen molar-refractivity contribution in [2.45, 2.75) is 32.2 Å². The third-order valence-corrected chi connectivity index (χ3v) is 6.73. The van der Waals surface area contributed by atoms with Gasteiger partial charge < -0.3 is 15.2 Å². The van der Waals surface area contributed by atoms with E-state index in [1.807, 2.05) is 29.2 Å². The van der Waals surface area contributed by atoms with Crippen molar-refractivity contribution >= 4 is 11.8 Å². The van der Waals surface area contributed by atoms with Gasteiger partial charge in [-0.1, -0.05) is 24.3 Å². The monoisotopic (exact) mass is 432 g/mol. The topological polar surface area (TPSA) is 78.1 Å². The highest BCUT2D eigenvalue weighted by Crippen LogP contribution is 2.43. The van der Waals surface area contributed by atoms with Crippen LogP contribution < -0.4 is 5.32 Å². The number of carbonyl (C=O) groups is 2. The minimum absolute atomic E-state index is 0.0140. The van der Waals surface area contributed by atoms with E-state index in [9.17, 15) is 14.0 Å². The first kappa shape index (κ1) is 20.4. The van der Waals surface area contributed by atoms with Crippen LogP contribution in [0.5, 0.6) is 0 Å². The molecule has 0 radical (unpaired) electrons. The Hall–Kier alpha value is -3.48. The molecule has 6 nitrogen and oxygen atoms in total. The van der Waals surface area contributed by atoms with Crippen molar-refractivity contribution in [3.8, 4) is 11.4 Å². The summed E-state index contributed by atoms with van der Waals surface area (Å²) in [6.07, 6.45) is 6.24. The number of aromatic amines is 1. The molecule has 1 saturated heterocycles. The molecule has 2 aliphatic rings. The molecule has 32 heavy (non-hydrogen) atoms. The van der Waals surface area contributed by atoms with E-state index in [0.717, 1.165) is 41.8 Å². The fourth-order valence-electron chi connectivity index (χ4n) is 4.94. The van der Waals surface area contributed by atoms with Gasteiger partial charge in [-0.25, -0.2) is 14.2 Å². The van der Waals surface area contributed by atoms with Gasteiger partial charge in [-0.2, -0.15) is 0 Å². The number of imidazole rings is 1. The molecule has 3 aromatic rings. The molecule has 2 amide bonds. The molecule has 1 aromatic heterocycles. The number of piperidine rings is 1. The van der Waals surface area contributed by atoms with Crippen molar-refractivity contribution < 1.29 is 14.0 Å². The lowest BCUT2D eigenvalue weighted by Gasteiger charge is -2.44. The summed E-state index contributed by atoms with van der Waals surface area (Å²) in [5.74, 6) is 0.445. The van der Waals surface area contributed by atoms with Crippen LogP contribution in [0.15, 0.2) is 54.9 Å². The lowest BCUT2D eigenvalue weighted by atomic mass is 9.66. The number of hydrogen-bond donors (Lipinski definition) is 2. The molecule has 1 aliphatic carbocycles. The zero-order valence-electron chi connectivity index (χ0n) is 17.7. The van der Waals surface area contributed by atoms with E-state index in [-0.39, 0.29) is 23.0 Å². The molecule has 5 rings (SSSR count). The summed E-state index contributed by atoms with van der Waals surface area (Å²) in [6.45, 7) is 1.66. The number of likely N-dealkylation sites (tertiary alicyclic amines) is 1. The van der Waals surface area contributed by atoms with Crippen LogP contribution in [0.1, 0.15) is 40.7 Å². The Balaban J connectivity index is 1.18. The molecule has 0 bridgehead atoms. The van der Waals surface area contributed by atoms with Crippen LogP contribution in [0.25, 0.3) is 11.4 Å². The van der Waals surface area contributed by atoms with E-state index in [1.54, 1.807) is 18.5 Å². The van der Waals surface area contributed by atoms with E-state index in [2.05, 4.69) is 15.3 Å². The van der Waals surface area contributed by atoms with E-state index < -0.39 is 0 Å². The van der Waals surface area contributed by atoms with Crippen LogP contribution in [0.4, 0.5) is 9.18 Å². The van der Waals surface area contributed by atoms with Crippen molar-refractivity contribution in [1.82, 2.24) is 20.2 Å². The largest absolute Gasteiger partial charge is 0.345 e. The molecule has 0 atom stereocenters. The lowest BCUT2D eigenvalue weighted by Crippen LogP contribution is -2.49. The first-order valence-corrected chi connectivity index (χ1v) is 10.9. The Morgan fingerprint density at radius 2 is 2.00 bits per heavy atom. The molecular formula is C25H25FN4O2. The zero-order valence-corrected chi connectivity index (χ0v) is 17.7. The van der Waals surface area contributed by atoms with Gasteiger partial charge >= 0.3 is 6.03 Å². The number of carbonyl (C=O) groups excluding carboxylic acids is 2. The molecular weight excluding hydrogens is 407 g/mol. The molecule has 2 heterocycles. The molecule has 0 saturated carbocycles. The van der Waals surface area contributed by atoms with Crippen molar-refractivity contribution in [3.63, 3.8) is 0 Å². The second-order valence-corrected chi connectivity index (χ2v) is 8.86. The SMILES string of the molecule is O=C1CC2(CCN(C(=O)NCc3cccc(-c4ncc[nH]4)c3)CC2)Cc2ccc(F)cc21. The van der Waals surface area contributed by atoms with Gasteiger partial charge in [-0.05, 0) is 54.0 Å².